The Morgan fingerprint density at radius 3 is 2.57 bits per heavy atom. The normalized spacial score (nSPS) is 10.8. The van der Waals surface area contributed by atoms with Crippen molar-refractivity contribution in [2.24, 2.45) is 0 Å². The van der Waals surface area contributed by atoms with Crippen LogP contribution in [0, 0.1) is 0 Å². The summed E-state index contributed by atoms with van der Waals surface area (Å²) >= 11 is 0. The lowest BCUT2D eigenvalue weighted by Crippen LogP contribution is -2.04. The van der Waals surface area contributed by atoms with Crippen LogP contribution in [0.5, 0.6) is 0 Å². The average molecular weight is 306 g/mol. The van der Waals surface area contributed by atoms with Gasteiger partial charge in [0.2, 0.25) is 0 Å². The van der Waals surface area contributed by atoms with Crippen molar-refractivity contribution in [3.8, 4) is 0 Å². The van der Waals surface area contributed by atoms with Crippen LogP contribution < -0.4 is 0 Å². The summed E-state index contributed by atoms with van der Waals surface area (Å²) in [5, 5.41) is 4.23. The summed E-state index contributed by atoms with van der Waals surface area (Å²) in [5.41, 5.74) is 2.93. The summed E-state index contributed by atoms with van der Waals surface area (Å²) in [6.45, 7) is 1.98. The molecule has 1 aromatic carbocycles. The van der Waals surface area contributed by atoms with Gasteiger partial charge in [-0.3, -0.25) is 9.59 Å². The van der Waals surface area contributed by atoms with E-state index < -0.39 is 0 Å². The maximum atomic E-state index is 12.5. The second kappa shape index (κ2) is 6.57. The van der Waals surface area contributed by atoms with Crippen molar-refractivity contribution in [1.29, 1.82) is 0 Å². The Balaban J connectivity index is 1.88. The number of Topliss-reactive ketones (excluding diaryl/α,β-unsaturated/α-hetero) is 2. The molecule has 0 spiro atoms. The topological polar surface area (TPSA) is 51.4 Å². The molecule has 4 nitrogen and oxygen atoms in total. The Kier molecular flexibility index (Phi) is 4.33. The molecule has 0 saturated heterocycles. The van der Waals surface area contributed by atoms with Crippen LogP contribution >= 0.6 is 0 Å². The van der Waals surface area contributed by atoms with Crippen LogP contribution in [0.15, 0.2) is 54.9 Å². The Labute approximate surface area is 134 Å². The zero-order chi connectivity index (χ0) is 16.2. The lowest BCUT2D eigenvalue weighted by molar-refractivity contribution is 0.0978. The summed E-state index contributed by atoms with van der Waals surface area (Å²) in [7, 11) is 0. The maximum absolute atomic E-state index is 12.5. The summed E-state index contributed by atoms with van der Waals surface area (Å²) in [6.07, 6.45) is 4.96. The highest BCUT2D eigenvalue weighted by molar-refractivity contribution is 6.03. The van der Waals surface area contributed by atoms with Gasteiger partial charge in [-0.1, -0.05) is 37.3 Å². The molecular weight excluding hydrogens is 288 g/mol. The van der Waals surface area contributed by atoms with Crippen LogP contribution in [0.3, 0.4) is 0 Å². The standard InChI is InChI=1S/C19H18N2O2/c1-2-6-18(22)15-9-10-17-16(12-20-21(17)13-15)19(23)11-14-7-4-3-5-8-14/h3-5,7-10,12-13H,2,6,11H2,1H3. The maximum Gasteiger partial charge on any atom is 0.171 e. The highest BCUT2D eigenvalue weighted by atomic mass is 16.1. The number of hydrogen-bond acceptors (Lipinski definition) is 3. The van der Waals surface area contributed by atoms with Crippen molar-refractivity contribution >= 4 is 17.1 Å². The van der Waals surface area contributed by atoms with Crippen molar-refractivity contribution in [3.05, 3.63) is 71.5 Å². The van der Waals surface area contributed by atoms with Crippen LogP contribution in [-0.2, 0) is 6.42 Å². The summed E-state index contributed by atoms with van der Waals surface area (Å²) in [5.74, 6) is 0.126. The Morgan fingerprint density at radius 2 is 1.83 bits per heavy atom. The third-order valence-corrected chi connectivity index (χ3v) is 3.82. The highest BCUT2D eigenvalue weighted by Gasteiger charge is 2.14. The van der Waals surface area contributed by atoms with Crippen LogP contribution in [0.4, 0.5) is 0 Å². The van der Waals surface area contributed by atoms with E-state index in [-0.39, 0.29) is 11.6 Å². The van der Waals surface area contributed by atoms with Crippen LogP contribution in [0.1, 0.15) is 46.0 Å². The van der Waals surface area contributed by atoms with Gasteiger partial charge in [0.1, 0.15) is 0 Å². The number of aromatic nitrogens is 2. The van der Waals surface area contributed by atoms with E-state index in [1.54, 1.807) is 29.0 Å². The molecule has 116 valence electrons. The minimum Gasteiger partial charge on any atom is -0.294 e. The number of rotatable bonds is 6. The zero-order valence-electron chi connectivity index (χ0n) is 13.0. The molecule has 0 amide bonds. The second-order valence-electron chi connectivity index (χ2n) is 5.56. The molecule has 0 aliphatic heterocycles. The number of hydrogen-bond donors (Lipinski definition) is 0. The van der Waals surface area contributed by atoms with Gasteiger partial charge in [-0.2, -0.15) is 5.10 Å². The van der Waals surface area contributed by atoms with Gasteiger partial charge in [0.15, 0.2) is 11.6 Å². The molecule has 3 aromatic rings. The molecule has 0 radical (unpaired) electrons. The molecule has 0 fully saturated rings. The molecule has 4 heteroatoms. The Bertz CT molecular complexity index is 850. The predicted molar refractivity (Wildman–Crippen MR) is 88.9 cm³/mol. The quantitative estimate of drug-likeness (QED) is 0.652. The summed E-state index contributed by atoms with van der Waals surface area (Å²) in [6, 6.07) is 13.2. The molecule has 3 rings (SSSR count). The highest BCUT2D eigenvalue weighted by Crippen LogP contribution is 2.16. The van der Waals surface area contributed by atoms with E-state index in [4.69, 9.17) is 0 Å². The zero-order valence-corrected chi connectivity index (χ0v) is 13.0. The first-order valence-electron chi connectivity index (χ1n) is 7.76. The minimum atomic E-state index is 0.0267. The van der Waals surface area contributed by atoms with E-state index in [0.29, 0.717) is 24.0 Å². The molecule has 2 aromatic heterocycles. The van der Waals surface area contributed by atoms with E-state index in [0.717, 1.165) is 17.5 Å². The fraction of sp³-hybridized carbons (Fsp3) is 0.211. The number of benzene rings is 1. The first kappa shape index (κ1) is 15.2. The third-order valence-electron chi connectivity index (χ3n) is 3.82. The monoisotopic (exact) mass is 306 g/mol. The Hall–Kier alpha value is -2.75. The largest absolute Gasteiger partial charge is 0.294 e. The van der Waals surface area contributed by atoms with Gasteiger partial charge < -0.3 is 0 Å². The van der Waals surface area contributed by atoms with Crippen LogP contribution in [-0.4, -0.2) is 21.2 Å². The molecule has 0 aliphatic carbocycles. The second-order valence-corrected chi connectivity index (χ2v) is 5.56. The van der Waals surface area contributed by atoms with E-state index in [2.05, 4.69) is 5.10 Å². The van der Waals surface area contributed by atoms with Gasteiger partial charge in [-0.25, -0.2) is 4.52 Å². The Morgan fingerprint density at radius 1 is 1.04 bits per heavy atom. The number of carbonyl (C=O) groups excluding carboxylic acids is 2. The van der Waals surface area contributed by atoms with Gasteiger partial charge in [0.05, 0.1) is 17.3 Å². The van der Waals surface area contributed by atoms with Crippen molar-refractivity contribution in [2.45, 2.75) is 26.2 Å². The fourth-order valence-electron chi connectivity index (χ4n) is 2.61. The van der Waals surface area contributed by atoms with E-state index in [9.17, 15) is 9.59 Å². The van der Waals surface area contributed by atoms with Gasteiger partial charge in [-0.15, -0.1) is 0 Å². The average Bonchev–Trinajstić information content (AvgIpc) is 2.99. The van der Waals surface area contributed by atoms with Crippen molar-refractivity contribution in [2.75, 3.05) is 0 Å². The first-order chi connectivity index (χ1) is 11.2. The number of ketones is 2. The minimum absolute atomic E-state index is 0.0267. The van der Waals surface area contributed by atoms with E-state index >= 15 is 0 Å². The predicted octanol–water partition coefficient (Wildman–Crippen LogP) is 3.74. The van der Waals surface area contributed by atoms with Gasteiger partial charge in [-0.05, 0) is 24.1 Å². The summed E-state index contributed by atoms with van der Waals surface area (Å²) in [4.78, 5) is 24.5. The van der Waals surface area contributed by atoms with Gasteiger partial charge in [0.25, 0.3) is 0 Å². The SMILES string of the molecule is CCCC(=O)c1ccc2c(C(=O)Cc3ccccc3)cnn2c1. The summed E-state index contributed by atoms with van der Waals surface area (Å²) < 4.78 is 1.61. The lowest BCUT2D eigenvalue weighted by atomic mass is 10.0. The molecule has 23 heavy (non-hydrogen) atoms. The van der Waals surface area contributed by atoms with Gasteiger partial charge in [0, 0.05) is 24.6 Å². The molecule has 2 heterocycles. The van der Waals surface area contributed by atoms with Gasteiger partial charge >= 0.3 is 0 Å². The molecular formula is C19H18N2O2. The molecule has 0 atom stereocenters. The first-order valence-corrected chi connectivity index (χ1v) is 7.76. The number of pyridine rings is 1. The van der Waals surface area contributed by atoms with Crippen LogP contribution in [0.25, 0.3) is 5.52 Å². The van der Waals surface area contributed by atoms with Crippen molar-refractivity contribution < 1.29 is 9.59 Å². The number of nitrogens with zero attached hydrogens (tertiary/aromatic N) is 2. The van der Waals surface area contributed by atoms with Crippen LogP contribution in [0.2, 0.25) is 0 Å². The molecule has 0 N–H and O–H groups in total. The lowest BCUT2D eigenvalue weighted by Gasteiger charge is -2.02. The molecule has 0 unspecified atom stereocenters. The molecule has 0 saturated carbocycles. The van der Waals surface area contributed by atoms with E-state index in [1.165, 1.54) is 0 Å². The van der Waals surface area contributed by atoms with Crippen molar-refractivity contribution in [3.63, 3.8) is 0 Å². The number of fused-ring (bicyclic) bond motifs is 1. The molecule has 0 aliphatic rings. The smallest absolute Gasteiger partial charge is 0.171 e. The third kappa shape index (κ3) is 3.21. The van der Waals surface area contributed by atoms with Crippen molar-refractivity contribution in [1.82, 2.24) is 9.61 Å². The fourth-order valence-corrected chi connectivity index (χ4v) is 2.61. The molecule has 0 bridgehead atoms. The van der Waals surface area contributed by atoms with E-state index in [1.807, 2.05) is 37.3 Å². The number of carbonyl (C=O) groups is 2.